The maximum atomic E-state index is 13.3. The molecule has 0 unspecified atom stereocenters. The molecule has 3 rings (SSSR count). The number of H-pyrrole nitrogens is 2. The molecule has 20 heavy (non-hydrogen) atoms. The number of aryl methyl sites for hydroxylation is 2. The van der Waals surface area contributed by atoms with Gasteiger partial charge >= 0.3 is 5.69 Å². The highest BCUT2D eigenvalue weighted by atomic mass is 19.1. The number of nitrogens with one attached hydrogen (secondary N) is 2. The molecule has 0 saturated heterocycles. The predicted molar refractivity (Wildman–Crippen MR) is 72.1 cm³/mol. The molecule has 0 radical (unpaired) electrons. The molecule has 0 aliphatic rings. The monoisotopic (exact) mass is 274 g/mol. The number of halogens is 1. The van der Waals surface area contributed by atoms with Gasteiger partial charge in [-0.1, -0.05) is 0 Å². The van der Waals surface area contributed by atoms with E-state index in [1.165, 1.54) is 17.7 Å². The predicted octanol–water partition coefficient (Wildman–Crippen LogP) is 1.06. The van der Waals surface area contributed by atoms with Gasteiger partial charge in [-0.3, -0.25) is 14.3 Å². The van der Waals surface area contributed by atoms with Gasteiger partial charge in [0.15, 0.2) is 5.65 Å². The minimum atomic E-state index is -0.532. The Hall–Kier alpha value is -2.70. The molecule has 0 aliphatic heterocycles. The van der Waals surface area contributed by atoms with Gasteiger partial charge in [0.2, 0.25) is 0 Å². The topological polar surface area (TPSA) is 83.5 Å². The second kappa shape index (κ2) is 4.16. The minimum absolute atomic E-state index is 0.212. The molecule has 0 aliphatic carbocycles. The number of imidazole rings is 1. The van der Waals surface area contributed by atoms with Crippen LogP contribution >= 0.6 is 0 Å². The number of fused-ring (bicyclic) bond motifs is 1. The van der Waals surface area contributed by atoms with Crippen LogP contribution < -0.4 is 11.2 Å². The van der Waals surface area contributed by atoms with E-state index in [0.29, 0.717) is 17.0 Å². The van der Waals surface area contributed by atoms with Crippen LogP contribution in [0.5, 0.6) is 0 Å². The van der Waals surface area contributed by atoms with Gasteiger partial charge in [-0.25, -0.2) is 14.2 Å². The number of aromatic nitrogens is 4. The molecule has 0 saturated carbocycles. The fourth-order valence-electron chi connectivity index (χ4n) is 2.03. The number of benzene rings is 1. The molecule has 6 nitrogen and oxygen atoms in total. The summed E-state index contributed by atoms with van der Waals surface area (Å²) in [5, 5.41) is 0. The van der Waals surface area contributed by atoms with Gasteiger partial charge in [0.1, 0.15) is 17.2 Å². The highest BCUT2D eigenvalue weighted by Crippen LogP contribution is 2.20. The first-order valence-electron chi connectivity index (χ1n) is 5.93. The Morgan fingerprint density at radius 3 is 2.70 bits per heavy atom. The molecule has 0 fully saturated rings. The third-order valence-electron chi connectivity index (χ3n) is 3.19. The summed E-state index contributed by atoms with van der Waals surface area (Å²) in [6.45, 7) is 1.64. The van der Waals surface area contributed by atoms with Crippen molar-refractivity contribution in [1.29, 1.82) is 0 Å². The van der Waals surface area contributed by atoms with E-state index in [1.54, 1.807) is 19.1 Å². The van der Waals surface area contributed by atoms with Crippen LogP contribution in [0.1, 0.15) is 5.56 Å². The third-order valence-corrected chi connectivity index (χ3v) is 3.19. The summed E-state index contributed by atoms with van der Waals surface area (Å²) < 4.78 is 14.5. The Kier molecular flexibility index (Phi) is 2.56. The van der Waals surface area contributed by atoms with Crippen molar-refractivity contribution >= 4 is 11.2 Å². The van der Waals surface area contributed by atoms with Gasteiger partial charge in [0, 0.05) is 12.6 Å². The van der Waals surface area contributed by atoms with E-state index < -0.39 is 11.2 Å². The first-order valence-corrected chi connectivity index (χ1v) is 5.93. The Morgan fingerprint density at radius 2 is 2.00 bits per heavy atom. The lowest BCUT2D eigenvalue weighted by Crippen LogP contribution is -2.28. The molecule has 2 N–H and O–H groups in total. The van der Waals surface area contributed by atoms with Crippen LogP contribution in [0.2, 0.25) is 0 Å². The van der Waals surface area contributed by atoms with Crippen molar-refractivity contribution in [2.45, 2.75) is 6.92 Å². The van der Waals surface area contributed by atoms with Crippen molar-refractivity contribution in [2.24, 2.45) is 7.05 Å². The number of rotatable bonds is 1. The summed E-state index contributed by atoms with van der Waals surface area (Å²) in [5.41, 5.74) is 0.536. The van der Waals surface area contributed by atoms with Crippen molar-refractivity contribution in [3.05, 3.63) is 50.4 Å². The van der Waals surface area contributed by atoms with E-state index in [0.717, 1.165) is 0 Å². The van der Waals surface area contributed by atoms with E-state index in [1.807, 2.05) is 0 Å². The minimum Gasteiger partial charge on any atom is -0.332 e. The first-order chi connectivity index (χ1) is 9.47. The van der Waals surface area contributed by atoms with Crippen LogP contribution in [0, 0.1) is 12.7 Å². The molecule has 0 bridgehead atoms. The van der Waals surface area contributed by atoms with Gasteiger partial charge in [-0.15, -0.1) is 0 Å². The second-order valence-electron chi connectivity index (χ2n) is 4.57. The quantitative estimate of drug-likeness (QED) is 0.696. The molecule has 0 atom stereocenters. The Balaban J connectivity index is 2.31. The third kappa shape index (κ3) is 1.75. The molecule has 2 aromatic heterocycles. The second-order valence-corrected chi connectivity index (χ2v) is 4.57. The van der Waals surface area contributed by atoms with Gasteiger partial charge in [0.05, 0.1) is 0 Å². The summed E-state index contributed by atoms with van der Waals surface area (Å²) in [6.07, 6.45) is 0. The van der Waals surface area contributed by atoms with Gasteiger partial charge in [-0.2, -0.15) is 0 Å². The molecule has 2 heterocycles. The lowest BCUT2D eigenvalue weighted by atomic mass is 10.1. The van der Waals surface area contributed by atoms with E-state index in [9.17, 15) is 14.0 Å². The van der Waals surface area contributed by atoms with Crippen LogP contribution in [0.4, 0.5) is 4.39 Å². The van der Waals surface area contributed by atoms with Crippen LogP contribution in [0.15, 0.2) is 27.8 Å². The van der Waals surface area contributed by atoms with Gasteiger partial charge in [0.25, 0.3) is 5.56 Å². The van der Waals surface area contributed by atoms with Crippen LogP contribution in [0.3, 0.4) is 0 Å². The molecule has 3 aromatic rings. The Morgan fingerprint density at radius 1 is 1.25 bits per heavy atom. The average Bonchev–Trinajstić information content (AvgIpc) is 2.85. The largest absolute Gasteiger partial charge is 0.332 e. The van der Waals surface area contributed by atoms with Crippen molar-refractivity contribution < 1.29 is 4.39 Å². The number of nitrogens with zero attached hydrogens (tertiary/aromatic N) is 2. The molecule has 0 spiro atoms. The zero-order valence-corrected chi connectivity index (χ0v) is 10.8. The van der Waals surface area contributed by atoms with Crippen LogP contribution in [0.25, 0.3) is 22.6 Å². The Bertz CT molecular complexity index is 936. The number of hydrogen-bond donors (Lipinski definition) is 2. The fraction of sp³-hybridized carbons (Fsp3) is 0.154. The van der Waals surface area contributed by atoms with Crippen LogP contribution in [-0.2, 0) is 7.05 Å². The van der Waals surface area contributed by atoms with Gasteiger partial charge < -0.3 is 4.98 Å². The van der Waals surface area contributed by atoms with E-state index in [-0.39, 0.29) is 17.0 Å². The molecular formula is C13H11FN4O2. The number of hydrogen-bond acceptors (Lipinski definition) is 3. The zero-order valence-electron chi connectivity index (χ0n) is 10.8. The Labute approximate surface area is 111 Å². The lowest BCUT2D eigenvalue weighted by molar-refractivity contribution is 0.618. The summed E-state index contributed by atoms with van der Waals surface area (Å²) in [4.78, 5) is 32.5. The summed E-state index contributed by atoms with van der Waals surface area (Å²) >= 11 is 0. The highest BCUT2D eigenvalue weighted by molar-refractivity contribution is 5.75. The molecule has 0 amide bonds. The standard InChI is InChI=1S/C13H11FN4O2/c1-6-5-7(3-4-8(6)14)10-15-9-11(16-10)18(2)13(20)17-12(9)19/h3-5H,1-2H3,(H,15,16)(H,17,19,20). The fourth-order valence-corrected chi connectivity index (χ4v) is 2.03. The van der Waals surface area contributed by atoms with E-state index in [2.05, 4.69) is 15.0 Å². The first kappa shape index (κ1) is 12.3. The van der Waals surface area contributed by atoms with Crippen LogP contribution in [-0.4, -0.2) is 19.5 Å². The van der Waals surface area contributed by atoms with Crippen molar-refractivity contribution in [2.75, 3.05) is 0 Å². The smallest absolute Gasteiger partial charge is 0.329 e. The SMILES string of the molecule is Cc1cc(-c2nc3c([nH]2)c(=O)[nH]c(=O)n3C)ccc1F. The lowest BCUT2D eigenvalue weighted by Gasteiger charge is -1.99. The zero-order chi connectivity index (χ0) is 14.4. The van der Waals surface area contributed by atoms with Crippen molar-refractivity contribution in [3.63, 3.8) is 0 Å². The summed E-state index contributed by atoms with van der Waals surface area (Å²) in [5.74, 6) is 0.102. The molecule has 1 aromatic carbocycles. The molecule has 102 valence electrons. The average molecular weight is 274 g/mol. The summed E-state index contributed by atoms with van der Waals surface area (Å²) in [6, 6.07) is 4.52. The molecule has 7 heteroatoms. The van der Waals surface area contributed by atoms with Gasteiger partial charge in [-0.05, 0) is 30.7 Å². The normalized spacial score (nSPS) is 11.2. The van der Waals surface area contributed by atoms with Crippen molar-refractivity contribution in [1.82, 2.24) is 19.5 Å². The van der Waals surface area contributed by atoms with E-state index in [4.69, 9.17) is 0 Å². The molecular weight excluding hydrogens is 263 g/mol. The number of aromatic amines is 2. The maximum absolute atomic E-state index is 13.3. The maximum Gasteiger partial charge on any atom is 0.329 e. The van der Waals surface area contributed by atoms with Crippen molar-refractivity contribution in [3.8, 4) is 11.4 Å². The highest BCUT2D eigenvalue weighted by Gasteiger charge is 2.12. The summed E-state index contributed by atoms with van der Waals surface area (Å²) in [7, 11) is 1.52. The van der Waals surface area contributed by atoms with E-state index >= 15 is 0 Å².